The molecule has 0 heterocycles. The molecule has 1 aromatic rings. The van der Waals surface area contributed by atoms with Crippen LogP contribution < -0.4 is 5.32 Å². The second kappa shape index (κ2) is 7.70. The Morgan fingerprint density at radius 3 is 2.75 bits per heavy atom. The molecule has 1 rings (SSSR count). The van der Waals surface area contributed by atoms with E-state index in [4.69, 9.17) is 11.6 Å². The van der Waals surface area contributed by atoms with Crippen LogP contribution in [0.2, 0.25) is 0 Å². The summed E-state index contributed by atoms with van der Waals surface area (Å²) in [6, 6.07) is 8.46. The highest BCUT2D eigenvalue weighted by Crippen LogP contribution is 2.08. The lowest BCUT2D eigenvalue weighted by molar-refractivity contribution is 0.476. The molecule has 0 spiro atoms. The molecule has 1 N–H and O–H groups in total. The molecule has 0 saturated heterocycles. The summed E-state index contributed by atoms with van der Waals surface area (Å²) >= 11 is 5.80. The van der Waals surface area contributed by atoms with Gasteiger partial charge in [0.25, 0.3) is 0 Å². The minimum absolute atomic E-state index is 0.597. The van der Waals surface area contributed by atoms with Gasteiger partial charge in [0.05, 0.1) is 0 Å². The molecule has 0 fully saturated rings. The molecular formula is C14H22ClN. The number of alkyl halides is 1. The summed E-state index contributed by atoms with van der Waals surface area (Å²) in [5, 5.41) is 3.49. The molecule has 1 nitrogen and oxygen atoms in total. The van der Waals surface area contributed by atoms with E-state index in [0.29, 0.717) is 5.88 Å². The lowest BCUT2D eigenvalue weighted by Crippen LogP contribution is -2.20. The molecule has 1 unspecified atom stereocenters. The van der Waals surface area contributed by atoms with Gasteiger partial charge in [0.2, 0.25) is 0 Å². The van der Waals surface area contributed by atoms with Crippen molar-refractivity contribution in [2.24, 2.45) is 5.92 Å². The first kappa shape index (κ1) is 13.5. The zero-order chi connectivity index (χ0) is 11.8. The maximum Gasteiger partial charge on any atom is 0.0474 e. The SMILES string of the molecule is CCCC(C)CNCc1cccc(CCl)c1. The summed E-state index contributed by atoms with van der Waals surface area (Å²) in [5.41, 5.74) is 2.52. The van der Waals surface area contributed by atoms with Crippen LogP contribution in [0.4, 0.5) is 0 Å². The standard InChI is InChI=1S/C14H22ClN/c1-3-5-12(2)10-16-11-14-7-4-6-13(8-14)9-15/h4,6-8,12,16H,3,5,9-11H2,1-2H3. The minimum atomic E-state index is 0.597. The van der Waals surface area contributed by atoms with Crippen LogP contribution in [0.5, 0.6) is 0 Å². The predicted octanol–water partition coefficient (Wildman–Crippen LogP) is 3.95. The molecule has 0 aromatic heterocycles. The van der Waals surface area contributed by atoms with Crippen molar-refractivity contribution in [1.29, 1.82) is 0 Å². The Balaban J connectivity index is 2.31. The van der Waals surface area contributed by atoms with Gasteiger partial charge in [0, 0.05) is 12.4 Å². The molecule has 16 heavy (non-hydrogen) atoms. The van der Waals surface area contributed by atoms with Gasteiger partial charge < -0.3 is 5.32 Å². The first-order valence-electron chi connectivity index (χ1n) is 6.10. The summed E-state index contributed by atoms with van der Waals surface area (Å²) in [4.78, 5) is 0. The number of nitrogens with one attached hydrogen (secondary N) is 1. The van der Waals surface area contributed by atoms with Gasteiger partial charge in [-0.25, -0.2) is 0 Å². The monoisotopic (exact) mass is 239 g/mol. The molecular weight excluding hydrogens is 218 g/mol. The molecule has 0 bridgehead atoms. The molecule has 0 radical (unpaired) electrons. The van der Waals surface area contributed by atoms with Gasteiger partial charge in [0.15, 0.2) is 0 Å². The van der Waals surface area contributed by atoms with Crippen LogP contribution >= 0.6 is 11.6 Å². The quantitative estimate of drug-likeness (QED) is 0.711. The van der Waals surface area contributed by atoms with Gasteiger partial charge in [-0.05, 0) is 30.0 Å². The van der Waals surface area contributed by atoms with E-state index < -0.39 is 0 Å². The van der Waals surface area contributed by atoms with Crippen LogP contribution in [0, 0.1) is 5.92 Å². The highest BCUT2D eigenvalue weighted by Gasteiger charge is 2.00. The molecule has 0 aliphatic rings. The fourth-order valence-electron chi connectivity index (χ4n) is 1.88. The molecule has 90 valence electrons. The molecule has 0 saturated carbocycles. The Bertz CT molecular complexity index is 299. The highest BCUT2D eigenvalue weighted by atomic mass is 35.5. The lowest BCUT2D eigenvalue weighted by atomic mass is 10.1. The van der Waals surface area contributed by atoms with Crippen LogP contribution in [0.15, 0.2) is 24.3 Å². The second-order valence-corrected chi connectivity index (χ2v) is 4.75. The first-order chi connectivity index (χ1) is 7.76. The van der Waals surface area contributed by atoms with Crippen molar-refractivity contribution < 1.29 is 0 Å². The third kappa shape index (κ3) is 5.00. The third-order valence-corrected chi connectivity index (χ3v) is 3.06. The Hall–Kier alpha value is -0.530. The average molecular weight is 240 g/mol. The van der Waals surface area contributed by atoms with Crippen LogP contribution in [0.3, 0.4) is 0 Å². The van der Waals surface area contributed by atoms with Crippen molar-refractivity contribution in [3.63, 3.8) is 0 Å². The Morgan fingerprint density at radius 1 is 1.31 bits per heavy atom. The van der Waals surface area contributed by atoms with Crippen LogP contribution in [-0.4, -0.2) is 6.54 Å². The van der Waals surface area contributed by atoms with E-state index >= 15 is 0 Å². The van der Waals surface area contributed by atoms with Gasteiger partial charge in [0.1, 0.15) is 0 Å². The van der Waals surface area contributed by atoms with E-state index in [1.54, 1.807) is 0 Å². The Kier molecular flexibility index (Phi) is 6.51. The van der Waals surface area contributed by atoms with E-state index in [2.05, 4.69) is 43.4 Å². The zero-order valence-corrected chi connectivity index (χ0v) is 11.1. The zero-order valence-electron chi connectivity index (χ0n) is 10.3. The van der Waals surface area contributed by atoms with Gasteiger partial charge in [-0.2, -0.15) is 0 Å². The van der Waals surface area contributed by atoms with E-state index in [0.717, 1.165) is 19.0 Å². The smallest absolute Gasteiger partial charge is 0.0474 e. The summed E-state index contributed by atoms with van der Waals surface area (Å²) in [6.45, 7) is 6.57. The van der Waals surface area contributed by atoms with Crippen molar-refractivity contribution in [3.05, 3.63) is 35.4 Å². The van der Waals surface area contributed by atoms with Crippen molar-refractivity contribution in [3.8, 4) is 0 Å². The first-order valence-corrected chi connectivity index (χ1v) is 6.64. The van der Waals surface area contributed by atoms with Crippen LogP contribution in [0.25, 0.3) is 0 Å². The maximum atomic E-state index is 5.80. The molecule has 1 aromatic carbocycles. The normalized spacial score (nSPS) is 12.7. The molecule has 2 heteroatoms. The van der Waals surface area contributed by atoms with Crippen molar-refractivity contribution >= 4 is 11.6 Å². The summed E-state index contributed by atoms with van der Waals surface area (Å²) < 4.78 is 0. The topological polar surface area (TPSA) is 12.0 Å². The lowest BCUT2D eigenvalue weighted by Gasteiger charge is -2.11. The second-order valence-electron chi connectivity index (χ2n) is 4.48. The summed E-state index contributed by atoms with van der Waals surface area (Å²) in [7, 11) is 0. The largest absolute Gasteiger partial charge is 0.312 e. The van der Waals surface area contributed by atoms with Crippen molar-refractivity contribution in [1.82, 2.24) is 5.32 Å². The van der Waals surface area contributed by atoms with Crippen LogP contribution in [0.1, 0.15) is 37.8 Å². The molecule has 0 aliphatic carbocycles. The van der Waals surface area contributed by atoms with Crippen molar-refractivity contribution in [2.45, 2.75) is 39.1 Å². The van der Waals surface area contributed by atoms with Crippen molar-refractivity contribution in [2.75, 3.05) is 6.54 Å². The summed E-state index contributed by atoms with van der Waals surface area (Å²) in [6.07, 6.45) is 2.57. The minimum Gasteiger partial charge on any atom is -0.312 e. The average Bonchev–Trinajstić information content (AvgIpc) is 2.30. The van der Waals surface area contributed by atoms with E-state index in [9.17, 15) is 0 Å². The van der Waals surface area contributed by atoms with Gasteiger partial charge >= 0.3 is 0 Å². The molecule has 0 amide bonds. The highest BCUT2D eigenvalue weighted by molar-refractivity contribution is 6.17. The van der Waals surface area contributed by atoms with Gasteiger partial charge in [-0.1, -0.05) is 44.5 Å². The van der Waals surface area contributed by atoms with E-state index in [1.165, 1.54) is 24.0 Å². The Morgan fingerprint density at radius 2 is 2.06 bits per heavy atom. The van der Waals surface area contributed by atoms with Gasteiger partial charge in [-0.3, -0.25) is 0 Å². The van der Waals surface area contributed by atoms with E-state index in [1.807, 2.05) is 0 Å². The summed E-state index contributed by atoms with van der Waals surface area (Å²) in [5.74, 6) is 1.36. The molecule has 0 aliphatic heterocycles. The van der Waals surface area contributed by atoms with Gasteiger partial charge in [-0.15, -0.1) is 11.6 Å². The Labute approximate surface area is 104 Å². The number of halogens is 1. The van der Waals surface area contributed by atoms with E-state index in [-0.39, 0.29) is 0 Å². The fourth-order valence-corrected chi connectivity index (χ4v) is 2.05. The number of hydrogen-bond acceptors (Lipinski definition) is 1. The predicted molar refractivity (Wildman–Crippen MR) is 71.8 cm³/mol. The number of rotatable bonds is 7. The maximum absolute atomic E-state index is 5.80. The number of benzene rings is 1. The molecule has 1 atom stereocenters. The fraction of sp³-hybridized carbons (Fsp3) is 0.571. The number of hydrogen-bond donors (Lipinski definition) is 1. The third-order valence-electron chi connectivity index (χ3n) is 2.75. The van der Waals surface area contributed by atoms with Crippen LogP contribution in [-0.2, 0) is 12.4 Å².